The van der Waals surface area contributed by atoms with E-state index in [9.17, 15) is 4.79 Å². The number of hydrogen-bond acceptors (Lipinski definition) is 3. The first-order valence-electron chi connectivity index (χ1n) is 5.24. The summed E-state index contributed by atoms with van der Waals surface area (Å²) in [6, 6.07) is 0. The maximum atomic E-state index is 10.8. The van der Waals surface area contributed by atoms with Gasteiger partial charge < -0.3 is 15.6 Å². The lowest BCUT2D eigenvalue weighted by molar-refractivity contribution is -0.144. The monoisotopic (exact) mass is 201 g/mol. The van der Waals surface area contributed by atoms with E-state index in [0.717, 1.165) is 13.0 Å². The van der Waals surface area contributed by atoms with E-state index < -0.39 is 5.97 Å². The van der Waals surface area contributed by atoms with Crippen molar-refractivity contribution in [3.05, 3.63) is 0 Å². The zero-order valence-corrected chi connectivity index (χ0v) is 8.45. The van der Waals surface area contributed by atoms with Crippen molar-refractivity contribution in [2.45, 2.75) is 25.7 Å². The molecule has 0 heterocycles. The van der Waals surface area contributed by atoms with Crippen LogP contribution in [-0.4, -0.2) is 30.8 Å². The minimum Gasteiger partial charge on any atom is -0.481 e. The summed E-state index contributed by atoms with van der Waals surface area (Å²) in [4.78, 5) is 10.8. The molecule has 3 N–H and O–H groups in total. The van der Waals surface area contributed by atoms with Crippen LogP contribution in [-0.2, 0) is 9.53 Å². The van der Waals surface area contributed by atoms with Crippen LogP contribution in [0.1, 0.15) is 25.7 Å². The molecule has 1 atom stereocenters. The molecule has 0 amide bonds. The fourth-order valence-electron chi connectivity index (χ4n) is 1.30. The quantitative estimate of drug-likeness (QED) is 0.610. The lowest BCUT2D eigenvalue weighted by Crippen LogP contribution is -2.21. The van der Waals surface area contributed by atoms with Crippen molar-refractivity contribution in [3.8, 4) is 0 Å². The summed E-state index contributed by atoms with van der Waals surface area (Å²) in [5, 5.41) is 8.86. The maximum Gasteiger partial charge on any atom is 0.308 e. The van der Waals surface area contributed by atoms with Crippen molar-refractivity contribution < 1.29 is 14.6 Å². The van der Waals surface area contributed by atoms with E-state index in [-0.39, 0.29) is 5.92 Å². The van der Waals surface area contributed by atoms with Gasteiger partial charge in [0, 0.05) is 6.61 Å². The fourth-order valence-corrected chi connectivity index (χ4v) is 1.30. The molecular weight excluding hydrogens is 182 g/mol. The van der Waals surface area contributed by atoms with Crippen LogP contribution >= 0.6 is 0 Å². The smallest absolute Gasteiger partial charge is 0.308 e. The molecule has 1 saturated carbocycles. The molecule has 0 aromatic rings. The average molecular weight is 201 g/mol. The van der Waals surface area contributed by atoms with Gasteiger partial charge >= 0.3 is 5.97 Å². The van der Waals surface area contributed by atoms with Gasteiger partial charge in [0.15, 0.2) is 0 Å². The molecule has 14 heavy (non-hydrogen) atoms. The third kappa shape index (κ3) is 4.58. The Hall–Kier alpha value is -0.610. The molecular formula is C10H19NO3. The number of nitrogens with two attached hydrogens (primary N) is 1. The molecule has 1 aliphatic rings. The zero-order valence-electron chi connectivity index (χ0n) is 8.45. The van der Waals surface area contributed by atoms with Crippen LogP contribution in [0, 0.1) is 11.8 Å². The first-order chi connectivity index (χ1) is 6.74. The molecule has 0 aliphatic heterocycles. The summed E-state index contributed by atoms with van der Waals surface area (Å²) in [6.45, 7) is 1.62. The number of aliphatic carboxylic acids is 1. The van der Waals surface area contributed by atoms with Crippen molar-refractivity contribution in [1.82, 2.24) is 0 Å². The van der Waals surface area contributed by atoms with Crippen molar-refractivity contribution in [2.75, 3.05) is 19.8 Å². The molecule has 0 aromatic heterocycles. The van der Waals surface area contributed by atoms with Crippen molar-refractivity contribution >= 4 is 5.97 Å². The van der Waals surface area contributed by atoms with Gasteiger partial charge in [-0.15, -0.1) is 0 Å². The SMILES string of the molecule is NCCCC(COCC1CC1)C(=O)O. The van der Waals surface area contributed by atoms with Crippen LogP contribution in [0.5, 0.6) is 0 Å². The normalized spacial score (nSPS) is 18.1. The summed E-state index contributed by atoms with van der Waals surface area (Å²) >= 11 is 0. The van der Waals surface area contributed by atoms with Crippen LogP contribution in [0.4, 0.5) is 0 Å². The first kappa shape index (κ1) is 11.5. The Morgan fingerprint density at radius 1 is 1.57 bits per heavy atom. The van der Waals surface area contributed by atoms with E-state index in [1.165, 1.54) is 12.8 Å². The van der Waals surface area contributed by atoms with Gasteiger partial charge in [0.1, 0.15) is 0 Å². The van der Waals surface area contributed by atoms with Gasteiger partial charge in [-0.05, 0) is 38.1 Å². The number of carboxylic acid groups (broad SMARTS) is 1. The van der Waals surface area contributed by atoms with Crippen LogP contribution < -0.4 is 5.73 Å². The summed E-state index contributed by atoms with van der Waals surface area (Å²) in [5.41, 5.74) is 5.33. The highest BCUT2D eigenvalue weighted by Crippen LogP contribution is 2.29. The zero-order chi connectivity index (χ0) is 10.4. The molecule has 1 unspecified atom stereocenters. The predicted octanol–water partition coefficient (Wildman–Crippen LogP) is 0.853. The largest absolute Gasteiger partial charge is 0.481 e. The number of carbonyl (C=O) groups is 1. The van der Waals surface area contributed by atoms with Gasteiger partial charge in [-0.25, -0.2) is 0 Å². The molecule has 0 aromatic carbocycles. The van der Waals surface area contributed by atoms with Crippen molar-refractivity contribution in [2.24, 2.45) is 17.6 Å². The lowest BCUT2D eigenvalue weighted by Gasteiger charge is -2.11. The Balaban J connectivity index is 2.09. The molecule has 0 spiro atoms. The van der Waals surface area contributed by atoms with Gasteiger partial charge in [-0.1, -0.05) is 0 Å². The minimum absolute atomic E-state index is 0.339. The number of carboxylic acids is 1. The molecule has 1 aliphatic carbocycles. The molecule has 82 valence electrons. The van der Waals surface area contributed by atoms with E-state index in [0.29, 0.717) is 25.5 Å². The Kier molecular flexibility index (Phi) is 4.90. The Morgan fingerprint density at radius 3 is 2.79 bits per heavy atom. The molecule has 0 saturated heterocycles. The van der Waals surface area contributed by atoms with E-state index in [2.05, 4.69) is 0 Å². The second-order valence-electron chi connectivity index (χ2n) is 3.95. The molecule has 1 rings (SSSR count). The Morgan fingerprint density at radius 2 is 2.29 bits per heavy atom. The third-order valence-electron chi connectivity index (χ3n) is 2.48. The first-order valence-corrected chi connectivity index (χ1v) is 5.24. The van der Waals surface area contributed by atoms with Crippen LogP contribution in [0.3, 0.4) is 0 Å². The summed E-state index contributed by atoms with van der Waals surface area (Å²) in [7, 11) is 0. The maximum absolute atomic E-state index is 10.8. The van der Waals surface area contributed by atoms with Gasteiger partial charge in [-0.3, -0.25) is 4.79 Å². The molecule has 4 nitrogen and oxygen atoms in total. The Labute approximate surface area is 84.4 Å². The minimum atomic E-state index is -0.769. The third-order valence-corrected chi connectivity index (χ3v) is 2.48. The highest BCUT2D eigenvalue weighted by molar-refractivity contribution is 5.70. The Bertz CT molecular complexity index is 180. The van der Waals surface area contributed by atoms with Gasteiger partial charge in [0.05, 0.1) is 12.5 Å². The lowest BCUT2D eigenvalue weighted by atomic mass is 10.1. The summed E-state index contributed by atoms with van der Waals surface area (Å²) in [6.07, 6.45) is 3.85. The molecule has 0 radical (unpaired) electrons. The van der Waals surface area contributed by atoms with Crippen LogP contribution in [0.15, 0.2) is 0 Å². The van der Waals surface area contributed by atoms with Gasteiger partial charge in [0.2, 0.25) is 0 Å². The number of hydrogen-bond donors (Lipinski definition) is 2. The van der Waals surface area contributed by atoms with Crippen LogP contribution in [0.25, 0.3) is 0 Å². The van der Waals surface area contributed by atoms with E-state index in [4.69, 9.17) is 15.6 Å². The average Bonchev–Trinajstić information content (AvgIpc) is 2.94. The number of ether oxygens (including phenoxy) is 1. The predicted molar refractivity (Wildman–Crippen MR) is 53.0 cm³/mol. The summed E-state index contributed by atoms with van der Waals surface area (Å²) in [5.74, 6) is -0.453. The van der Waals surface area contributed by atoms with Crippen molar-refractivity contribution in [1.29, 1.82) is 0 Å². The van der Waals surface area contributed by atoms with Gasteiger partial charge in [-0.2, -0.15) is 0 Å². The number of rotatable bonds is 8. The second-order valence-corrected chi connectivity index (χ2v) is 3.95. The molecule has 0 bridgehead atoms. The van der Waals surface area contributed by atoms with E-state index in [1.807, 2.05) is 0 Å². The topological polar surface area (TPSA) is 72.5 Å². The van der Waals surface area contributed by atoms with E-state index >= 15 is 0 Å². The van der Waals surface area contributed by atoms with Crippen molar-refractivity contribution in [3.63, 3.8) is 0 Å². The summed E-state index contributed by atoms with van der Waals surface area (Å²) < 4.78 is 5.36. The highest BCUT2D eigenvalue weighted by Gasteiger charge is 2.23. The highest BCUT2D eigenvalue weighted by atomic mass is 16.5. The molecule has 4 heteroatoms. The second kappa shape index (κ2) is 5.98. The van der Waals surface area contributed by atoms with Crippen LogP contribution in [0.2, 0.25) is 0 Å². The standard InChI is InChI=1S/C10H19NO3/c11-5-1-2-9(10(12)13)7-14-6-8-3-4-8/h8-9H,1-7,11H2,(H,12,13). The van der Waals surface area contributed by atoms with Gasteiger partial charge in [0.25, 0.3) is 0 Å². The molecule has 1 fully saturated rings. The fraction of sp³-hybridized carbons (Fsp3) is 0.900. The van der Waals surface area contributed by atoms with E-state index in [1.54, 1.807) is 0 Å².